The Balaban J connectivity index is 1.66. The first-order valence-electron chi connectivity index (χ1n) is 12.4. The van der Waals surface area contributed by atoms with Crippen molar-refractivity contribution < 1.29 is 9.53 Å². The summed E-state index contributed by atoms with van der Waals surface area (Å²) < 4.78 is 8.62. The molecule has 1 aromatic heterocycles. The highest BCUT2D eigenvalue weighted by atomic mass is 32.2. The second-order valence-corrected chi connectivity index (χ2v) is 11.4. The number of aromatic nitrogens is 1. The van der Waals surface area contributed by atoms with E-state index in [2.05, 4.69) is 11.8 Å². The Labute approximate surface area is 213 Å². The van der Waals surface area contributed by atoms with Crippen LogP contribution in [0.4, 0.5) is 5.69 Å². The molecule has 0 bridgehead atoms. The van der Waals surface area contributed by atoms with E-state index >= 15 is 0 Å². The van der Waals surface area contributed by atoms with Crippen molar-refractivity contribution in [3.05, 3.63) is 37.7 Å². The molecular formula is C26H32N4O3S2. The normalized spacial score (nSPS) is 21.6. The maximum Gasteiger partial charge on any atom is 0.279 e. The van der Waals surface area contributed by atoms with Crippen LogP contribution >= 0.6 is 23.1 Å². The number of hydrazone groups is 1. The van der Waals surface area contributed by atoms with Crippen molar-refractivity contribution in [1.29, 1.82) is 0 Å². The van der Waals surface area contributed by atoms with Crippen LogP contribution in [-0.4, -0.2) is 41.4 Å². The number of hydrogen-bond donors (Lipinski definition) is 0. The minimum Gasteiger partial charge on any atom is -0.497 e. The Morgan fingerprint density at radius 2 is 1.94 bits per heavy atom. The minimum atomic E-state index is -0.0575. The number of nitrogens with zero attached hydrogens (tertiary/aromatic N) is 4. The summed E-state index contributed by atoms with van der Waals surface area (Å²) in [7, 11) is 3.64. The molecule has 3 heterocycles. The highest BCUT2D eigenvalue weighted by Gasteiger charge is 2.35. The highest BCUT2D eigenvalue weighted by molar-refractivity contribution is 8.08. The number of benzene rings is 1. The largest absolute Gasteiger partial charge is 0.497 e. The molecule has 0 unspecified atom stereocenters. The number of thiazole rings is 1. The van der Waals surface area contributed by atoms with Gasteiger partial charge in [-0.3, -0.25) is 14.2 Å². The number of ether oxygens (including phenoxy) is 1. The molecule has 1 aliphatic carbocycles. The second-order valence-electron chi connectivity index (χ2n) is 9.35. The van der Waals surface area contributed by atoms with Gasteiger partial charge < -0.3 is 9.64 Å². The number of rotatable bonds is 5. The number of unbranched alkanes of at least 4 members (excludes halogenated alkanes) is 1. The van der Waals surface area contributed by atoms with Crippen molar-refractivity contribution in [2.24, 2.45) is 5.10 Å². The van der Waals surface area contributed by atoms with Crippen LogP contribution in [0, 0.1) is 0 Å². The second kappa shape index (κ2) is 9.85. The van der Waals surface area contributed by atoms with E-state index in [-0.39, 0.29) is 17.5 Å². The van der Waals surface area contributed by atoms with Crippen molar-refractivity contribution >= 4 is 51.0 Å². The fourth-order valence-electron chi connectivity index (χ4n) is 5.05. The molecule has 2 aliphatic heterocycles. The number of methoxy groups -OCH3 is 1. The first-order valence-corrected chi connectivity index (χ1v) is 14.0. The summed E-state index contributed by atoms with van der Waals surface area (Å²) in [6.45, 7) is 4.61. The predicted molar refractivity (Wildman–Crippen MR) is 144 cm³/mol. The lowest BCUT2D eigenvalue weighted by Gasteiger charge is -2.27. The Kier molecular flexibility index (Phi) is 6.81. The fourth-order valence-corrected chi connectivity index (χ4v) is 7.60. The molecule has 2 aromatic rings. The third kappa shape index (κ3) is 4.22. The lowest BCUT2D eigenvalue weighted by atomic mass is 9.95. The standard InChI is InChI=1S/C26H32N4O3S2/c1-5-6-14-29-24(32)22(26-28(3)19-15-18(33-4)12-13-20(19)34-26)35-25(29)21-16(2)27-30(23(21)31)17-10-8-7-9-11-17/h12-13,15,17H,5-11,14H2,1-4H3/b25-21+,26-22+. The predicted octanol–water partition coefficient (Wildman–Crippen LogP) is 3.73. The zero-order valence-electron chi connectivity index (χ0n) is 20.8. The molecule has 0 atom stereocenters. The molecule has 1 aromatic carbocycles. The van der Waals surface area contributed by atoms with Gasteiger partial charge >= 0.3 is 0 Å². The van der Waals surface area contributed by atoms with E-state index in [1.54, 1.807) is 23.9 Å². The molecular weight excluding hydrogens is 480 g/mol. The Hall–Kier alpha value is -2.52. The van der Waals surface area contributed by atoms with E-state index in [0.29, 0.717) is 22.4 Å². The molecule has 0 radical (unpaired) electrons. The fraction of sp³-hybridized carbons (Fsp3) is 0.500. The molecule has 7 nitrogen and oxygen atoms in total. The zero-order chi connectivity index (χ0) is 24.7. The van der Waals surface area contributed by atoms with Crippen LogP contribution in [0.1, 0.15) is 58.8 Å². The average Bonchev–Trinajstić information content (AvgIpc) is 3.48. The van der Waals surface area contributed by atoms with Crippen LogP contribution in [0.25, 0.3) is 10.6 Å². The zero-order valence-corrected chi connectivity index (χ0v) is 22.4. The molecule has 1 fully saturated rings. The van der Waals surface area contributed by atoms with Gasteiger partial charge in [0.1, 0.15) is 20.0 Å². The number of fused-ring (bicyclic) bond motifs is 1. The molecule has 1 amide bonds. The van der Waals surface area contributed by atoms with Gasteiger partial charge in [-0.1, -0.05) is 44.4 Å². The van der Waals surface area contributed by atoms with Gasteiger partial charge in [-0.25, -0.2) is 5.01 Å². The summed E-state index contributed by atoms with van der Waals surface area (Å²) in [6, 6.07) is 6.12. The van der Waals surface area contributed by atoms with Gasteiger partial charge in [0, 0.05) is 24.6 Å². The van der Waals surface area contributed by atoms with Crippen LogP contribution < -0.4 is 24.4 Å². The van der Waals surface area contributed by atoms with E-state index in [0.717, 1.165) is 64.5 Å². The molecule has 9 heteroatoms. The number of carbonyl (C=O) groups excluding carboxylic acids is 1. The third-order valence-electron chi connectivity index (χ3n) is 7.03. The van der Waals surface area contributed by atoms with E-state index in [1.807, 2.05) is 36.7 Å². The topological polar surface area (TPSA) is 67.1 Å². The molecule has 0 N–H and O–H groups in total. The van der Waals surface area contributed by atoms with E-state index in [4.69, 9.17) is 9.84 Å². The van der Waals surface area contributed by atoms with Crippen molar-refractivity contribution in [2.75, 3.05) is 19.1 Å². The van der Waals surface area contributed by atoms with E-state index < -0.39 is 0 Å². The Bertz CT molecular complexity index is 1370. The van der Waals surface area contributed by atoms with Crippen LogP contribution in [0.3, 0.4) is 0 Å². The smallest absolute Gasteiger partial charge is 0.279 e. The Morgan fingerprint density at radius 3 is 2.66 bits per heavy atom. The van der Waals surface area contributed by atoms with Crippen molar-refractivity contribution in [1.82, 2.24) is 9.58 Å². The van der Waals surface area contributed by atoms with Gasteiger partial charge in [0.15, 0.2) is 0 Å². The van der Waals surface area contributed by atoms with Gasteiger partial charge in [-0.15, -0.1) is 11.3 Å². The summed E-state index contributed by atoms with van der Waals surface area (Å²) in [5.41, 5.74) is 2.29. The highest BCUT2D eigenvalue weighted by Crippen LogP contribution is 2.46. The lowest BCUT2D eigenvalue weighted by Crippen LogP contribution is -2.38. The molecule has 1 saturated carbocycles. The maximum absolute atomic E-state index is 13.8. The van der Waals surface area contributed by atoms with Crippen molar-refractivity contribution in [3.8, 4) is 5.75 Å². The quantitative estimate of drug-likeness (QED) is 0.611. The SMILES string of the molecule is CCCCn1c(=O)/c(=C2\Sc3ccc(OC)cc3N2C)s/c1=C1/C(=O)N(C2CCCCC2)N=C1C. The number of carbonyl (C=O) groups is 1. The molecule has 186 valence electrons. The van der Waals surface area contributed by atoms with E-state index in [9.17, 15) is 9.59 Å². The minimum absolute atomic E-state index is 0.0308. The first-order chi connectivity index (χ1) is 16.9. The van der Waals surface area contributed by atoms with Crippen LogP contribution in [-0.2, 0) is 11.3 Å². The summed E-state index contributed by atoms with van der Waals surface area (Å²) in [6.07, 6.45) is 7.33. The third-order valence-corrected chi connectivity index (χ3v) is 9.58. The Morgan fingerprint density at radius 1 is 1.17 bits per heavy atom. The van der Waals surface area contributed by atoms with Crippen LogP contribution in [0.15, 0.2) is 33.0 Å². The van der Waals surface area contributed by atoms with Crippen molar-refractivity contribution in [2.45, 2.75) is 76.3 Å². The van der Waals surface area contributed by atoms with Gasteiger partial charge in [0.05, 0.1) is 30.1 Å². The van der Waals surface area contributed by atoms with Gasteiger partial charge in [-0.2, -0.15) is 5.10 Å². The summed E-state index contributed by atoms with van der Waals surface area (Å²) in [4.78, 5) is 30.5. The van der Waals surface area contributed by atoms with Gasteiger partial charge in [0.25, 0.3) is 11.5 Å². The molecule has 0 spiro atoms. The number of thioether (sulfide) groups is 1. The van der Waals surface area contributed by atoms with Crippen LogP contribution in [0.5, 0.6) is 5.75 Å². The average molecular weight is 513 g/mol. The number of amides is 1. The summed E-state index contributed by atoms with van der Waals surface area (Å²) in [5, 5.41) is 7.28. The monoisotopic (exact) mass is 512 g/mol. The summed E-state index contributed by atoms with van der Waals surface area (Å²) in [5.74, 6) is 0.726. The van der Waals surface area contributed by atoms with Gasteiger partial charge in [-0.05, 0) is 38.3 Å². The van der Waals surface area contributed by atoms with Crippen LogP contribution in [0.2, 0.25) is 0 Å². The van der Waals surface area contributed by atoms with E-state index in [1.165, 1.54) is 17.8 Å². The summed E-state index contributed by atoms with van der Waals surface area (Å²) >= 11 is 3.02. The van der Waals surface area contributed by atoms with Crippen molar-refractivity contribution in [3.63, 3.8) is 0 Å². The number of hydrogen-bond acceptors (Lipinski definition) is 7. The number of anilines is 1. The lowest BCUT2D eigenvalue weighted by molar-refractivity contribution is -0.126. The maximum atomic E-state index is 13.8. The molecule has 35 heavy (non-hydrogen) atoms. The first kappa shape index (κ1) is 24.2. The molecule has 0 saturated heterocycles. The van der Waals surface area contributed by atoms with Gasteiger partial charge in [0.2, 0.25) is 0 Å². The molecule has 5 rings (SSSR count). The molecule has 3 aliphatic rings.